The molecule has 0 spiro atoms. The molecule has 0 aliphatic heterocycles. The molecule has 1 atom stereocenters. The Labute approximate surface area is 157 Å². The third kappa shape index (κ3) is 4.79. The fourth-order valence-corrected chi connectivity index (χ4v) is 2.89. The lowest BCUT2D eigenvalue weighted by Gasteiger charge is -2.20. The second-order valence-corrected chi connectivity index (χ2v) is 6.41. The molecule has 0 saturated heterocycles. The van der Waals surface area contributed by atoms with Crippen LogP contribution in [0.4, 0.5) is 11.4 Å². The molecule has 0 aliphatic carbocycles. The maximum Gasteiger partial charge on any atom is 0.271 e. The minimum absolute atomic E-state index is 0.0112. The van der Waals surface area contributed by atoms with Crippen molar-refractivity contribution in [1.29, 1.82) is 0 Å². The van der Waals surface area contributed by atoms with E-state index in [1.54, 1.807) is 24.3 Å². The topological polar surface area (TPSA) is 72.2 Å². The summed E-state index contributed by atoms with van der Waals surface area (Å²) >= 11 is 0. The van der Waals surface area contributed by atoms with E-state index in [9.17, 15) is 14.9 Å². The Bertz CT molecular complexity index is 937. The van der Waals surface area contributed by atoms with Crippen molar-refractivity contribution in [3.8, 4) is 0 Å². The van der Waals surface area contributed by atoms with Crippen molar-refractivity contribution < 1.29 is 9.72 Å². The lowest BCUT2D eigenvalue weighted by molar-refractivity contribution is -0.384. The number of nitro groups is 1. The number of carbonyl (C=O) groups is 1. The highest BCUT2D eigenvalue weighted by molar-refractivity contribution is 5.96. The van der Waals surface area contributed by atoms with Crippen LogP contribution in [0.1, 0.15) is 33.9 Å². The largest absolute Gasteiger partial charge is 0.378 e. The molecule has 0 saturated carbocycles. The van der Waals surface area contributed by atoms with Crippen LogP contribution in [-0.4, -0.2) is 10.7 Å². The smallest absolute Gasteiger partial charge is 0.271 e. The molecule has 1 N–H and O–H groups in total. The molecule has 136 valence electrons. The van der Waals surface area contributed by atoms with Gasteiger partial charge in [0.1, 0.15) is 0 Å². The van der Waals surface area contributed by atoms with E-state index in [-0.39, 0.29) is 23.9 Å². The van der Waals surface area contributed by atoms with Crippen LogP contribution in [-0.2, 0) is 0 Å². The highest BCUT2D eigenvalue weighted by Gasteiger charge is 2.18. The molecule has 0 heterocycles. The van der Waals surface area contributed by atoms with Gasteiger partial charge >= 0.3 is 0 Å². The number of non-ortho nitro benzene ring substituents is 1. The second kappa shape index (κ2) is 8.27. The van der Waals surface area contributed by atoms with E-state index < -0.39 is 4.92 Å². The van der Waals surface area contributed by atoms with Gasteiger partial charge in [0.15, 0.2) is 5.78 Å². The SMILES string of the molecule is Cc1ccc(C(CC(=O)c2ccccc2)Nc2cccc([N+](=O)[O-])c2)cc1. The van der Waals surface area contributed by atoms with Gasteiger partial charge in [0, 0.05) is 29.8 Å². The summed E-state index contributed by atoms with van der Waals surface area (Å²) in [5.41, 5.74) is 3.35. The van der Waals surface area contributed by atoms with Gasteiger partial charge in [0.05, 0.1) is 11.0 Å². The Morgan fingerprint density at radius 2 is 1.70 bits per heavy atom. The molecule has 27 heavy (non-hydrogen) atoms. The summed E-state index contributed by atoms with van der Waals surface area (Å²) in [4.78, 5) is 23.3. The summed E-state index contributed by atoms with van der Waals surface area (Å²) in [6.07, 6.45) is 0.246. The number of nitrogens with zero attached hydrogens (tertiary/aromatic N) is 1. The fraction of sp³-hybridized carbons (Fsp3) is 0.136. The van der Waals surface area contributed by atoms with E-state index in [0.717, 1.165) is 11.1 Å². The first-order valence-corrected chi connectivity index (χ1v) is 8.69. The lowest BCUT2D eigenvalue weighted by Crippen LogP contribution is -2.16. The molecule has 3 rings (SSSR count). The molecule has 0 amide bonds. The average Bonchev–Trinajstić information content (AvgIpc) is 2.69. The molecule has 5 nitrogen and oxygen atoms in total. The number of nitrogens with one attached hydrogen (secondary N) is 1. The number of nitro benzene ring substituents is 1. The molecule has 1 unspecified atom stereocenters. The zero-order valence-corrected chi connectivity index (χ0v) is 15.0. The van der Waals surface area contributed by atoms with Gasteiger partial charge in [-0.15, -0.1) is 0 Å². The van der Waals surface area contributed by atoms with Crippen molar-refractivity contribution in [2.75, 3.05) is 5.32 Å². The first-order valence-electron chi connectivity index (χ1n) is 8.69. The van der Waals surface area contributed by atoms with Crippen LogP contribution >= 0.6 is 0 Å². The van der Waals surface area contributed by atoms with Crippen LogP contribution in [0.5, 0.6) is 0 Å². The van der Waals surface area contributed by atoms with E-state index in [1.807, 2.05) is 49.4 Å². The van der Waals surface area contributed by atoms with Crippen LogP contribution < -0.4 is 5.32 Å². The number of hydrogen-bond acceptors (Lipinski definition) is 4. The first kappa shape index (κ1) is 18.3. The summed E-state index contributed by atoms with van der Waals surface area (Å²) in [6, 6.07) is 23.1. The maximum atomic E-state index is 12.7. The standard InChI is InChI=1S/C22H20N2O3/c1-16-10-12-17(13-11-16)21(15-22(25)18-6-3-2-4-7-18)23-19-8-5-9-20(14-19)24(26)27/h2-14,21,23H,15H2,1H3. The molecule has 0 bridgehead atoms. The van der Waals surface area contributed by atoms with Gasteiger partial charge in [-0.25, -0.2) is 0 Å². The predicted octanol–water partition coefficient (Wildman–Crippen LogP) is 5.33. The predicted molar refractivity (Wildman–Crippen MR) is 106 cm³/mol. The Balaban J connectivity index is 1.88. The van der Waals surface area contributed by atoms with Gasteiger partial charge in [0.25, 0.3) is 5.69 Å². The molecule has 0 radical (unpaired) electrons. The van der Waals surface area contributed by atoms with Crippen molar-refractivity contribution in [2.45, 2.75) is 19.4 Å². The van der Waals surface area contributed by atoms with Gasteiger partial charge in [0.2, 0.25) is 0 Å². The van der Waals surface area contributed by atoms with Crippen molar-refractivity contribution >= 4 is 17.2 Å². The second-order valence-electron chi connectivity index (χ2n) is 6.41. The zero-order chi connectivity index (χ0) is 19.2. The highest BCUT2D eigenvalue weighted by Crippen LogP contribution is 2.27. The Kier molecular flexibility index (Phi) is 5.61. The minimum atomic E-state index is -0.429. The van der Waals surface area contributed by atoms with Gasteiger partial charge in [-0.2, -0.15) is 0 Å². The number of Topliss-reactive ketones (excluding diaryl/α,β-unsaturated/α-hetero) is 1. The van der Waals surface area contributed by atoms with Crippen LogP contribution in [0, 0.1) is 17.0 Å². The zero-order valence-electron chi connectivity index (χ0n) is 15.0. The molecule has 0 aliphatic rings. The van der Waals surface area contributed by atoms with Crippen LogP contribution in [0.15, 0.2) is 78.9 Å². The maximum absolute atomic E-state index is 12.7. The van der Waals surface area contributed by atoms with Crippen LogP contribution in [0.3, 0.4) is 0 Å². The molecule has 3 aromatic rings. The summed E-state index contributed by atoms with van der Waals surface area (Å²) in [5, 5.41) is 14.3. The molecular weight excluding hydrogens is 340 g/mol. The monoisotopic (exact) mass is 360 g/mol. The number of carbonyl (C=O) groups excluding carboxylic acids is 1. The first-order chi connectivity index (χ1) is 13.0. The van der Waals surface area contributed by atoms with E-state index in [0.29, 0.717) is 11.3 Å². The fourth-order valence-electron chi connectivity index (χ4n) is 2.89. The summed E-state index contributed by atoms with van der Waals surface area (Å²) < 4.78 is 0. The normalized spacial score (nSPS) is 11.6. The number of benzene rings is 3. The van der Waals surface area contributed by atoms with Crippen LogP contribution in [0.2, 0.25) is 0 Å². The summed E-state index contributed by atoms with van der Waals surface area (Å²) in [7, 11) is 0. The number of anilines is 1. The quantitative estimate of drug-likeness (QED) is 0.351. The molecule has 0 fully saturated rings. The number of rotatable bonds is 7. The average molecular weight is 360 g/mol. The van der Waals surface area contributed by atoms with Crippen molar-refractivity contribution in [3.05, 3.63) is 106 Å². The Hall–Kier alpha value is -3.47. The Morgan fingerprint density at radius 3 is 2.37 bits per heavy atom. The van der Waals surface area contributed by atoms with E-state index in [1.165, 1.54) is 12.1 Å². The molecular formula is C22H20N2O3. The van der Waals surface area contributed by atoms with E-state index >= 15 is 0 Å². The van der Waals surface area contributed by atoms with E-state index in [2.05, 4.69) is 5.32 Å². The van der Waals surface area contributed by atoms with Crippen molar-refractivity contribution in [2.24, 2.45) is 0 Å². The minimum Gasteiger partial charge on any atom is -0.378 e. The molecule has 3 aromatic carbocycles. The summed E-state index contributed by atoms with van der Waals surface area (Å²) in [6.45, 7) is 2.00. The third-order valence-electron chi connectivity index (χ3n) is 4.36. The van der Waals surface area contributed by atoms with Gasteiger partial charge in [-0.05, 0) is 18.6 Å². The molecule has 5 heteroatoms. The highest BCUT2D eigenvalue weighted by atomic mass is 16.6. The number of hydrogen-bond donors (Lipinski definition) is 1. The van der Waals surface area contributed by atoms with Gasteiger partial charge in [-0.3, -0.25) is 14.9 Å². The third-order valence-corrected chi connectivity index (χ3v) is 4.36. The summed E-state index contributed by atoms with van der Waals surface area (Å²) in [5.74, 6) is 0.0131. The van der Waals surface area contributed by atoms with E-state index in [4.69, 9.17) is 0 Å². The lowest BCUT2D eigenvalue weighted by atomic mass is 9.97. The van der Waals surface area contributed by atoms with Gasteiger partial charge < -0.3 is 5.32 Å². The molecule has 0 aromatic heterocycles. The Morgan fingerprint density at radius 1 is 1.00 bits per heavy atom. The van der Waals surface area contributed by atoms with Crippen LogP contribution in [0.25, 0.3) is 0 Å². The van der Waals surface area contributed by atoms with Crippen molar-refractivity contribution in [1.82, 2.24) is 0 Å². The number of aryl methyl sites for hydroxylation is 1. The van der Waals surface area contributed by atoms with Gasteiger partial charge in [-0.1, -0.05) is 66.2 Å². The number of ketones is 1. The van der Waals surface area contributed by atoms with Crippen molar-refractivity contribution in [3.63, 3.8) is 0 Å².